The standard InChI is InChI=1S/C14H16F3N5O2/c15-14(16,17)9-3-4-22-11(6-9)20-21-12(22)8-19-13(23)18-7-10-2-1-5-24-10/h3-4,6,10H,1-2,5,7-8H2,(H2,18,19,23)/t10-/m0/s1. The molecule has 1 saturated heterocycles. The molecule has 2 aromatic rings. The summed E-state index contributed by atoms with van der Waals surface area (Å²) in [6.07, 6.45) is -1.27. The predicted molar refractivity (Wildman–Crippen MR) is 77.2 cm³/mol. The fourth-order valence-corrected chi connectivity index (χ4v) is 2.47. The highest BCUT2D eigenvalue weighted by atomic mass is 19.4. The van der Waals surface area contributed by atoms with Gasteiger partial charge in [-0.1, -0.05) is 0 Å². The van der Waals surface area contributed by atoms with Crippen LogP contribution in [0.1, 0.15) is 24.2 Å². The van der Waals surface area contributed by atoms with E-state index >= 15 is 0 Å². The minimum absolute atomic E-state index is 0.0328. The van der Waals surface area contributed by atoms with E-state index in [0.29, 0.717) is 19.0 Å². The zero-order valence-corrected chi connectivity index (χ0v) is 12.6. The van der Waals surface area contributed by atoms with Crippen LogP contribution in [-0.4, -0.2) is 39.9 Å². The van der Waals surface area contributed by atoms with Gasteiger partial charge >= 0.3 is 12.2 Å². The number of nitrogens with zero attached hydrogens (tertiary/aromatic N) is 3. The number of carbonyl (C=O) groups is 1. The van der Waals surface area contributed by atoms with Crippen LogP contribution in [0.15, 0.2) is 18.3 Å². The normalized spacial score (nSPS) is 18.0. The minimum atomic E-state index is -4.44. The van der Waals surface area contributed by atoms with Crippen molar-refractivity contribution in [2.24, 2.45) is 0 Å². The molecular weight excluding hydrogens is 327 g/mol. The molecule has 1 aliphatic heterocycles. The topological polar surface area (TPSA) is 80.6 Å². The van der Waals surface area contributed by atoms with Crippen LogP contribution >= 0.6 is 0 Å². The SMILES string of the molecule is O=C(NCc1nnc2cc(C(F)(F)F)ccn12)NC[C@@H]1CCCO1. The van der Waals surface area contributed by atoms with E-state index in [0.717, 1.165) is 25.0 Å². The predicted octanol–water partition coefficient (Wildman–Crippen LogP) is 1.73. The number of carbonyl (C=O) groups excluding carboxylic acids is 1. The quantitative estimate of drug-likeness (QED) is 0.886. The Morgan fingerprint density at radius 2 is 2.21 bits per heavy atom. The van der Waals surface area contributed by atoms with Gasteiger partial charge in [-0.2, -0.15) is 13.2 Å². The average Bonchev–Trinajstić information content (AvgIpc) is 3.19. The number of hydrogen-bond acceptors (Lipinski definition) is 4. The number of alkyl halides is 3. The van der Waals surface area contributed by atoms with Crippen molar-refractivity contribution in [3.8, 4) is 0 Å². The number of aromatic nitrogens is 3. The molecule has 1 fully saturated rings. The Balaban J connectivity index is 1.58. The second kappa shape index (κ2) is 6.63. The maximum Gasteiger partial charge on any atom is 0.416 e. The first-order valence-corrected chi connectivity index (χ1v) is 7.47. The molecule has 0 bridgehead atoms. The van der Waals surface area contributed by atoms with E-state index in [-0.39, 0.29) is 18.3 Å². The Hall–Kier alpha value is -2.36. The van der Waals surface area contributed by atoms with Gasteiger partial charge in [-0.3, -0.25) is 4.40 Å². The van der Waals surface area contributed by atoms with E-state index in [4.69, 9.17) is 4.74 Å². The number of fused-ring (bicyclic) bond motifs is 1. The lowest BCUT2D eigenvalue weighted by atomic mass is 10.2. The van der Waals surface area contributed by atoms with E-state index in [2.05, 4.69) is 20.8 Å². The molecule has 2 aromatic heterocycles. The summed E-state index contributed by atoms with van der Waals surface area (Å²) < 4.78 is 44.8. The van der Waals surface area contributed by atoms with Crippen LogP contribution in [0, 0.1) is 0 Å². The van der Waals surface area contributed by atoms with Gasteiger partial charge in [0.15, 0.2) is 11.5 Å². The van der Waals surface area contributed by atoms with Gasteiger partial charge in [0, 0.05) is 19.3 Å². The van der Waals surface area contributed by atoms with Crippen molar-refractivity contribution in [1.29, 1.82) is 0 Å². The monoisotopic (exact) mass is 343 g/mol. The summed E-state index contributed by atoms with van der Waals surface area (Å²) in [5.74, 6) is 0.339. The Kier molecular flexibility index (Phi) is 4.56. The highest BCUT2D eigenvalue weighted by molar-refractivity contribution is 5.73. The zero-order valence-electron chi connectivity index (χ0n) is 12.6. The summed E-state index contributed by atoms with van der Waals surface area (Å²) in [6.45, 7) is 1.17. The van der Waals surface area contributed by atoms with Crippen molar-refractivity contribution in [1.82, 2.24) is 25.2 Å². The molecule has 0 unspecified atom stereocenters. The molecule has 7 nitrogen and oxygen atoms in total. The Bertz CT molecular complexity index is 725. The van der Waals surface area contributed by atoms with E-state index in [1.807, 2.05) is 0 Å². The first kappa shape index (κ1) is 16.5. The summed E-state index contributed by atoms with van der Waals surface area (Å²) in [5.41, 5.74) is -0.724. The molecule has 0 spiro atoms. The van der Waals surface area contributed by atoms with Crippen molar-refractivity contribution in [3.05, 3.63) is 29.7 Å². The molecule has 2 N–H and O–H groups in total. The fraction of sp³-hybridized carbons (Fsp3) is 0.500. The Morgan fingerprint density at radius 1 is 1.38 bits per heavy atom. The van der Waals surface area contributed by atoms with Crippen LogP contribution in [0.2, 0.25) is 0 Å². The third kappa shape index (κ3) is 3.75. The second-order valence-electron chi connectivity index (χ2n) is 5.46. The summed E-state index contributed by atoms with van der Waals surface area (Å²) in [6, 6.07) is 1.46. The van der Waals surface area contributed by atoms with E-state index < -0.39 is 17.8 Å². The molecule has 0 radical (unpaired) electrons. The van der Waals surface area contributed by atoms with Crippen molar-refractivity contribution in [3.63, 3.8) is 0 Å². The maximum absolute atomic E-state index is 12.7. The van der Waals surface area contributed by atoms with Crippen LogP contribution in [0.5, 0.6) is 0 Å². The molecule has 2 amide bonds. The molecule has 3 rings (SSSR count). The molecular formula is C14H16F3N5O2. The Labute approximate surface area is 135 Å². The average molecular weight is 343 g/mol. The highest BCUT2D eigenvalue weighted by Gasteiger charge is 2.31. The second-order valence-corrected chi connectivity index (χ2v) is 5.46. The van der Waals surface area contributed by atoms with Gasteiger partial charge in [-0.25, -0.2) is 4.79 Å². The van der Waals surface area contributed by atoms with E-state index in [1.54, 1.807) is 0 Å². The van der Waals surface area contributed by atoms with Gasteiger partial charge < -0.3 is 15.4 Å². The molecule has 0 saturated carbocycles. The van der Waals surface area contributed by atoms with Crippen LogP contribution in [0.25, 0.3) is 5.65 Å². The summed E-state index contributed by atoms with van der Waals surface area (Å²) in [4.78, 5) is 11.7. The third-order valence-corrected chi connectivity index (χ3v) is 3.73. The van der Waals surface area contributed by atoms with Crippen LogP contribution < -0.4 is 10.6 Å². The van der Waals surface area contributed by atoms with E-state index in [9.17, 15) is 18.0 Å². The maximum atomic E-state index is 12.7. The number of urea groups is 1. The molecule has 10 heteroatoms. The van der Waals surface area contributed by atoms with Gasteiger partial charge in [0.2, 0.25) is 0 Å². The van der Waals surface area contributed by atoms with Gasteiger partial charge in [-0.05, 0) is 25.0 Å². The number of ether oxygens (including phenoxy) is 1. The molecule has 1 atom stereocenters. The molecule has 3 heterocycles. The van der Waals surface area contributed by atoms with Gasteiger partial charge in [0.05, 0.1) is 18.2 Å². The largest absolute Gasteiger partial charge is 0.416 e. The molecule has 0 aliphatic carbocycles. The molecule has 0 aromatic carbocycles. The number of hydrogen-bond donors (Lipinski definition) is 2. The number of pyridine rings is 1. The zero-order chi connectivity index (χ0) is 17.2. The van der Waals surface area contributed by atoms with Crippen molar-refractivity contribution in [2.75, 3.05) is 13.2 Å². The summed E-state index contributed by atoms with van der Waals surface area (Å²) >= 11 is 0. The lowest BCUT2D eigenvalue weighted by Crippen LogP contribution is -2.39. The van der Waals surface area contributed by atoms with Gasteiger partial charge in [0.1, 0.15) is 0 Å². The third-order valence-electron chi connectivity index (χ3n) is 3.73. The van der Waals surface area contributed by atoms with E-state index in [1.165, 1.54) is 10.6 Å². The lowest BCUT2D eigenvalue weighted by molar-refractivity contribution is -0.137. The number of nitrogens with one attached hydrogen (secondary N) is 2. The minimum Gasteiger partial charge on any atom is -0.376 e. The Morgan fingerprint density at radius 3 is 2.92 bits per heavy atom. The van der Waals surface area contributed by atoms with Crippen LogP contribution in [-0.2, 0) is 17.5 Å². The smallest absolute Gasteiger partial charge is 0.376 e. The highest BCUT2D eigenvalue weighted by Crippen LogP contribution is 2.29. The van der Waals surface area contributed by atoms with Crippen LogP contribution in [0.4, 0.5) is 18.0 Å². The molecule has 24 heavy (non-hydrogen) atoms. The number of amides is 2. The first-order valence-electron chi connectivity index (χ1n) is 7.47. The first-order chi connectivity index (χ1) is 11.4. The summed E-state index contributed by atoms with van der Waals surface area (Å²) in [5, 5.41) is 12.8. The molecule has 1 aliphatic rings. The number of rotatable bonds is 4. The van der Waals surface area contributed by atoms with Crippen molar-refractivity contribution in [2.45, 2.75) is 31.7 Å². The van der Waals surface area contributed by atoms with Crippen LogP contribution in [0.3, 0.4) is 0 Å². The molecule has 130 valence electrons. The van der Waals surface area contributed by atoms with Gasteiger partial charge in [0.25, 0.3) is 0 Å². The summed E-state index contributed by atoms with van der Waals surface area (Å²) in [7, 11) is 0. The van der Waals surface area contributed by atoms with Crippen molar-refractivity contribution >= 4 is 11.7 Å². The lowest BCUT2D eigenvalue weighted by Gasteiger charge is -2.11. The van der Waals surface area contributed by atoms with Crippen molar-refractivity contribution < 1.29 is 22.7 Å². The number of halogens is 3. The van der Waals surface area contributed by atoms with Gasteiger partial charge in [-0.15, -0.1) is 10.2 Å². The fourth-order valence-electron chi connectivity index (χ4n) is 2.47.